The maximum absolute atomic E-state index is 12.9. The van der Waals surface area contributed by atoms with Gasteiger partial charge in [0.1, 0.15) is 12.1 Å². The highest BCUT2D eigenvalue weighted by molar-refractivity contribution is 5.92. The predicted octanol–water partition coefficient (Wildman–Crippen LogP) is -1.18. The summed E-state index contributed by atoms with van der Waals surface area (Å²) in [5, 5.41) is 17.1. The molecule has 12 heteroatoms. The van der Waals surface area contributed by atoms with Gasteiger partial charge in [-0.25, -0.2) is 9.78 Å². The van der Waals surface area contributed by atoms with Gasteiger partial charge in [0.15, 0.2) is 0 Å². The molecule has 2 aromatic rings. The summed E-state index contributed by atoms with van der Waals surface area (Å²) in [6.45, 7) is 0.0286. The van der Waals surface area contributed by atoms with Gasteiger partial charge in [0, 0.05) is 24.7 Å². The van der Waals surface area contributed by atoms with Crippen molar-refractivity contribution in [3.05, 3.63) is 54.1 Å². The van der Waals surface area contributed by atoms with Crippen molar-refractivity contribution in [2.24, 2.45) is 11.5 Å². The smallest absolute Gasteiger partial charge is 0.326 e. The molecule has 0 saturated carbocycles. The number of unbranched alkanes of at least 4 members (excludes halogenated alkanes) is 1. The van der Waals surface area contributed by atoms with E-state index in [0.717, 1.165) is 5.56 Å². The minimum Gasteiger partial charge on any atom is -0.480 e. The van der Waals surface area contributed by atoms with Gasteiger partial charge in [-0.2, -0.15) is 0 Å². The molecule has 2 rings (SSSR count). The average Bonchev–Trinajstić information content (AvgIpc) is 3.35. The summed E-state index contributed by atoms with van der Waals surface area (Å²) in [5.74, 6) is -2.95. The van der Waals surface area contributed by atoms with E-state index in [2.05, 4.69) is 25.9 Å². The third kappa shape index (κ3) is 9.94. The Hall–Kier alpha value is -3.77. The van der Waals surface area contributed by atoms with Gasteiger partial charge in [-0.3, -0.25) is 14.4 Å². The molecule has 1 heterocycles. The van der Waals surface area contributed by atoms with E-state index in [0.29, 0.717) is 25.1 Å². The molecule has 0 aliphatic carbocycles. The van der Waals surface area contributed by atoms with Crippen molar-refractivity contribution in [3.63, 3.8) is 0 Å². The number of nitrogens with two attached hydrogens (primary N) is 2. The van der Waals surface area contributed by atoms with Gasteiger partial charge in [-0.05, 0) is 31.4 Å². The number of aromatic amines is 1. The summed E-state index contributed by atoms with van der Waals surface area (Å²) in [5.41, 5.74) is 12.8. The topological polar surface area (TPSA) is 205 Å². The minimum atomic E-state index is -1.19. The Kier molecular flexibility index (Phi) is 11.4. The van der Waals surface area contributed by atoms with Gasteiger partial charge < -0.3 is 37.5 Å². The van der Waals surface area contributed by atoms with E-state index in [-0.39, 0.29) is 25.8 Å². The van der Waals surface area contributed by atoms with E-state index in [1.165, 1.54) is 6.33 Å². The van der Waals surface area contributed by atoms with E-state index in [1.807, 2.05) is 6.07 Å². The quantitative estimate of drug-likeness (QED) is 0.152. The van der Waals surface area contributed by atoms with Crippen LogP contribution in [0, 0.1) is 0 Å². The lowest BCUT2D eigenvalue weighted by molar-refractivity contribution is -0.142. The molecular weight excluding hydrogens is 454 g/mol. The third-order valence-corrected chi connectivity index (χ3v) is 5.25. The van der Waals surface area contributed by atoms with E-state index in [4.69, 9.17) is 11.5 Å². The Morgan fingerprint density at radius 3 is 2.37 bits per heavy atom. The maximum Gasteiger partial charge on any atom is 0.326 e. The summed E-state index contributed by atoms with van der Waals surface area (Å²) in [4.78, 5) is 55.9. The van der Waals surface area contributed by atoms with Crippen LogP contribution in [0.3, 0.4) is 0 Å². The third-order valence-electron chi connectivity index (χ3n) is 5.25. The van der Waals surface area contributed by atoms with E-state index in [9.17, 15) is 24.3 Å². The highest BCUT2D eigenvalue weighted by Gasteiger charge is 2.27. The zero-order valence-corrected chi connectivity index (χ0v) is 19.4. The summed E-state index contributed by atoms with van der Waals surface area (Å²) >= 11 is 0. The van der Waals surface area contributed by atoms with Crippen LogP contribution in [0.2, 0.25) is 0 Å². The molecule has 12 nitrogen and oxygen atoms in total. The van der Waals surface area contributed by atoms with Crippen LogP contribution in [-0.4, -0.2) is 70.0 Å². The molecule has 190 valence electrons. The maximum atomic E-state index is 12.9. The number of hydrogen-bond acceptors (Lipinski definition) is 7. The monoisotopic (exact) mass is 487 g/mol. The largest absolute Gasteiger partial charge is 0.480 e. The number of amides is 3. The summed E-state index contributed by atoms with van der Waals surface area (Å²) in [6, 6.07) is 5.86. The SMILES string of the molecule is NCCCCC(NC(=O)CNC(=O)C(N)Cc1cnc[nH]1)C(=O)NC(Cc1ccccc1)C(=O)O. The fourth-order valence-electron chi connectivity index (χ4n) is 3.35. The molecule has 0 aliphatic heterocycles. The van der Waals surface area contributed by atoms with Crippen LogP contribution in [0.25, 0.3) is 0 Å². The number of hydrogen-bond donors (Lipinski definition) is 7. The van der Waals surface area contributed by atoms with Gasteiger partial charge in [0.25, 0.3) is 0 Å². The van der Waals surface area contributed by atoms with Crippen LogP contribution < -0.4 is 27.4 Å². The second-order valence-corrected chi connectivity index (χ2v) is 8.10. The number of aliphatic carboxylic acids is 1. The molecule has 0 fully saturated rings. The Bertz CT molecular complexity index is 952. The number of H-pyrrole nitrogens is 1. The van der Waals surface area contributed by atoms with E-state index < -0.39 is 41.8 Å². The van der Waals surface area contributed by atoms with Crippen LogP contribution in [0.1, 0.15) is 30.5 Å². The normalized spacial score (nSPS) is 13.3. The second-order valence-electron chi connectivity index (χ2n) is 8.10. The molecule has 0 saturated heterocycles. The van der Waals surface area contributed by atoms with Gasteiger partial charge in [0.2, 0.25) is 17.7 Å². The number of carbonyl (C=O) groups excluding carboxylic acids is 3. The molecule has 9 N–H and O–H groups in total. The molecule has 1 aromatic carbocycles. The fourth-order valence-corrected chi connectivity index (χ4v) is 3.35. The van der Waals surface area contributed by atoms with E-state index >= 15 is 0 Å². The Labute approximate surface area is 203 Å². The number of nitrogens with zero attached hydrogens (tertiary/aromatic N) is 1. The highest BCUT2D eigenvalue weighted by atomic mass is 16.4. The molecule has 0 radical (unpaired) electrons. The van der Waals surface area contributed by atoms with Gasteiger partial charge in [0.05, 0.1) is 18.9 Å². The number of benzene rings is 1. The number of carboxylic acid groups (broad SMARTS) is 1. The van der Waals surface area contributed by atoms with Crippen LogP contribution in [0.4, 0.5) is 0 Å². The number of nitrogens with one attached hydrogen (secondary N) is 4. The number of rotatable bonds is 15. The lowest BCUT2D eigenvalue weighted by Gasteiger charge is -2.22. The lowest BCUT2D eigenvalue weighted by atomic mass is 10.0. The molecule has 3 unspecified atom stereocenters. The lowest BCUT2D eigenvalue weighted by Crippen LogP contribution is -2.54. The van der Waals surface area contributed by atoms with Gasteiger partial charge in [-0.1, -0.05) is 30.3 Å². The minimum absolute atomic E-state index is 0.0929. The fraction of sp³-hybridized carbons (Fsp3) is 0.435. The van der Waals surface area contributed by atoms with Crippen molar-refractivity contribution >= 4 is 23.7 Å². The molecule has 3 amide bonds. The summed E-state index contributed by atoms with van der Waals surface area (Å²) in [6.07, 6.45) is 4.77. The summed E-state index contributed by atoms with van der Waals surface area (Å²) in [7, 11) is 0. The molecule has 35 heavy (non-hydrogen) atoms. The first-order chi connectivity index (χ1) is 16.8. The second kappa shape index (κ2) is 14.5. The van der Waals surface area contributed by atoms with Crippen LogP contribution >= 0.6 is 0 Å². The van der Waals surface area contributed by atoms with Crippen molar-refractivity contribution in [2.45, 2.75) is 50.2 Å². The molecule has 3 atom stereocenters. The van der Waals surface area contributed by atoms with E-state index in [1.54, 1.807) is 30.5 Å². The van der Waals surface area contributed by atoms with Gasteiger partial charge >= 0.3 is 5.97 Å². The number of carboxylic acids is 1. The zero-order valence-electron chi connectivity index (χ0n) is 19.4. The molecule has 0 spiro atoms. The van der Waals surface area contributed by atoms with Crippen LogP contribution in [0.5, 0.6) is 0 Å². The number of imidazole rings is 1. The Morgan fingerprint density at radius 2 is 1.74 bits per heavy atom. The average molecular weight is 488 g/mol. The first kappa shape index (κ1) is 27.5. The van der Waals surface area contributed by atoms with Crippen molar-refractivity contribution in [1.29, 1.82) is 0 Å². The van der Waals surface area contributed by atoms with Crippen molar-refractivity contribution in [1.82, 2.24) is 25.9 Å². The molecule has 1 aromatic heterocycles. The first-order valence-electron chi connectivity index (χ1n) is 11.4. The number of aromatic nitrogens is 2. The summed E-state index contributed by atoms with van der Waals surface area (Å²) < 4.78 is 0. The zero-order chi connectivity index (χ0) is 25.6. The molecule has 0 bridgehead atoms. The molecule has 0 aliphatic rings. The molecular formula is C23H33N7O5. The van der Waals surface area contributed by atoms with Crippen LogP contribution in [0.15, 0.2) is 42.9 Å². The standard InChI is InChI=1S/C23H33N7O5/c24-9-5-4-8-18(22(33)30-19(23(34)35)10-15-6-2-1-3-7-15)29-20(31)13-27-21(32)17(25)11-16-12-26-14-28-16/h1-3,6-7,12,14,17-19H,4-5,8-11,13,24-25H2,(H,26,28)(H,27,32)(H,29,31)(H,30,33)(H,34,35). The Balaban J connectivity index is 1.92. The van der Waals surface area contributed by atoms with Gasteiger partial charge in [-0.15, -0.1) is 0 Å². The van der Waals surface area contributed by atoms with Crippen molar-refractivity contribution in [2.75, 3.05) is 13.1 Å². The first-order valence-corrected chi connectivity index (χ1v) is 11.4. The number of carbonyl (C=O) groups is 4. The van der Waals surface area contributed by atoms with Crippen LogP contribution in [-0.2, 0) is 32.0 Å². The predicted molar refractivity (Wildman–Crippen MR) is 128 cm³/mol. The van der Waals surface area contributed by atoms with Crippen molar-refractivity contribution < 1.29 is 24.3 Å². The highest BCUT2D eigenvalue weighted by Crippen LogP contribution is 2.06. The Morgan fingerprint density at radius 1 is 1.00 bits per heavy atom. The van der Waals surface area contributed by atoms with Crippen molar-refractivity contribution in [3.8, 4) is 0 Å².